The molecule has 0 spiro atoms. The van der Waals surface area contributed by atoms with E-state index in [1.165, 1.54) is 21.9 Å². The Morgan fingerprint density at radius 3 is 2.31 bits per heavy atom. The summed E-state index contributed by atoms with van der Waals surface area (Å²) < 4.78 is 29.5. The van der Waals surface area contributed by atoms with Crippen molar-refractivity contribution >= 4 is 26.3 Å². The number of piperazine rings is 1. The van der Waals surface area contributed by atoms with Crippen LogP contribution in [0.25, 0.3) is 15.5 Å². The van der Waals surface area contributed by atoms with Gasteiger partial charge in [-0.05, 0) is 43.5 Å². The molecule has 8 nitrogen and oxygen atoms in total. The van der Waals surface area contributed by atoms with Gasteiger partial charge >= 0.3 is 0 Å². The first-order valence-corrected chi connectivity index (χ1v) is 13.7. The van der Waals surface area contributed by atoms with E-state index in [9.17, 15) is 13.2 Å². The van der Waals surface area contributed by atoms with E-state index in [4.69, 9.17) is 0 Å². The zero-order valence-corrected chi connectivity index (χ0v) is 21.6. The van der Waals surface area contributed by atoms with Gasteiger partial charge in [0.1, 0.15) is 5.01 Å². The summed E-state index contributed by atoms with van der Waals surface area (Å²) >= 11 is 1.38. The highest BCUT2D eigenvalue weighted by Crippen LogP contribution is 2.26. The Morgan fingerprint density at radius 2 is 1.60 bits per heavy atom. The van der Waals surface area contributed by atoms with Crippen LogP contribution in [0.4, 0.5) is 0 Å². The van der Waals surface area contributed by atoms with Crippen molar-refractivity contribution in [2.75, 3.05) is 26.2 Å². The molecule has 2 aromatic carbocycles. The number of rotatable bonds is 5. The van der Waals surface area contributed by atoms with Gasteiger partial charge in [0.2, 0.25) is 15.0 Å². The van der Waals surface area contributed by atoms with Crippen molar-refractivity contribution in [3.63, 3.8) is 0 Å². The van der Waals surface area contributed by atoms with Gasteiger partial charge in [-0.25, -0.2) is 13.4 Å². The smallest absolute Gasteiger partial charge is 0.275 e. The molecule has 1 aliphatic rings. The average Bonchev–Trinajstić information content (AvgIpc) is 3.27. The molecule has 1 saturated heterocycles. The minimum atomic E-state index is -3.56. The molecule has 0 bridgehead atoms. The maximum atomic E-state index is 13.3. The fourth-order valence-corrected chi connectivity index (χ4v) is 6.99. The second-order valence-corrected chi connectivity index (χ2v) is 11.8. The van der Waals surface area contributed by atoms with Crippen LogP contribution in [0.15, 0.2) is 58.2 Å². The highest BCUT2D eigenvalue weighted by Gasteiger charge is 2.30. The van der Waals surface area contributed by atoms with Crippen LogP contribution in [0.1, 0.15) is 22.4 Å². The molecule has 10 heteroatoms. The van der Waals surface area contributed by atoms with Crippen LogP contribution in [-0.2, 0) is 16.6 Å². The van der Waals surface area contributed by atoms with Gasteiger partial charge in [-0.3, -0.25) is 9.69 Å². The molecule has 3 heterocycles. The van der Waals surface area contributed by atoms with E-state index in [1.807, 2.05) is 57.2 Å². The van der Waals surface area contributed by atoms with Gasteiger partial charge in [0, 0.05) is 44.4 Å². The second kappa shape index (κ2) is 9.27. The van der Waals surface area contributed by atoms with Crippen molar-refractivity contribution in [2.45, 2.75) is 32.2 Å². The van der Waals surface area contributed by atoms with Crippen LogP contribution >= 0.6 is 11.3 Å². The second-order valence-electron chi connectivity index (χ2n) is 8.94. The number of benzene rings is 2. The van der Waals surface area contributed by atoms with Crippen LogP contribution in [0, 0.1) is 20.8 Å². The van der Waals surface area contributed by atoms with Gasteiger partial charge in [-0.15, -0.1) is 0 Å². The van der Waals surface area contributed by atoms with Crippen molar-refractivity contribution in [2.24, 2.45) is 0 Å². The molecule has 0 N–H and O–H groups in total. The lowest BCUT2D eigenvalue weighted by molar-refractivity contribution is 0.180. The van der Waals surface area contributed by atoms with Crippen LogP contribution in [0.2, 0.25) is 0 Å². The number of nitrogens with zero attached hydrogens (tertiary/aromatic N) is 5. The normalized spacial score (nSPS) is 15.6. The monoisotopic (exact) mass is 509 g/mol. The van der Waals surface area contributed by atoms with Crippen LogP contribution in [0.5, 0.6) is 0 Å². The SMILES string of the molecule is Cc1cc(C)c(S(=O)(=O)N2CCN(Cc3cc(=O)n4nc(-c5ccccc5)sc4n3)CC2)cc1C. The topological polar surface area (TPSA) is 87.9 Å². The number of aromatic nitrogens is 3. The van der Waals surface area contributed by atoms with Crippen molar-refractivity contribution < 1.29 is 8.42 Å². The molecule has 0 saturated carbocycles. The molecule has 4 aromatic rings. The number of aryl methyl sites for hydroxylation is 3. The summed E-state index contributed by atoms with van der Waals surface area (Å²) in [6.07, 6.45) is 0. The highest BCUT2D eigenvalue weighted by atomic mass is 32.2. The molecular formula is C25H27N5O3S2. The van der Waals surface area contributed by atoms with Crippen LogP contribution < -0.4 is 5.56 Å². The number of hydrogen-bond acceptors (Lipinski definition) is 7. The third-order valence-electron chi connectivity index (χ3n) is 6.44. The van der Waals surface area contributed by atoms with Gasteiger partial charge < -0.3 is 0 Å². The minimum absolute atomic E-state index is 0.213. The maximum absolute atomic E-state index is 13.3. The zero-order chi connectivity index (χ0) is 24.7. The van der Waals surface area contributed by atoms with Crippen molar-refractivity contribution in [1.29, 1.82) is 0 Å². The molecule has 1 aliphatic heterocycles. The summed E-state index contributed by atoms with van der Waals surface area (Å²) in [5.41, 5.74) is 4.23. The lowest BCUT2D eigenvalue weighted by atomic mass is 10.1. The summed E-state index contributed by atoms with van der Waals surface area (Å²) in [6.45, 7) is 8.19. The highest BCUT2D eigenvalue weighted by molar-refractivity contribution is 7.89. The van der Waals surface area contributed by atoms with Gasteiger partial charge in [-0.2, -0.15) is 13.9 Å². The fourth-order valence-electron chi connectivity index (χ4n) is 4.34. The third-order valence-corrected chi connectivity index (χ3v) is 9.44. The summed E-state index contributed by atoms with van der Waals surface area (Å²) in [5, 5.41) is 5.17. The minimum Gasteiger partial charge on any atom is -0.295 e. The largest absolute Gasteiger partial charge is 0.295 e. The number of sulfonamides is 1. The average molecular weight is 510 g/mol. The standard InChI is InChI=1S/C25H27N5O3S2/c1-17-13-19(3)22(14-18(17)2)35(32,33)29-11-9-28(10-12-29)16-21-15-23(31)30-25(26-21)34-24(27-30)20-7-5-4-6-8-20/h4-8,13-15H,9-12,16H2,1-3H3. The first-order chi connectivity index (χ1) is 16.7. The number of fused-ring (bicyclic) bond motifs is 1. The van der Waals surface area contributed by atoms with Crippen LogP contribution in [0.3, 0.4) is 0 Å². The molecular weight excluding hydrogens is 482 g/mol. The molecule has 0 radical (unpaired) electrons. The summed E-state index contributed by atoms with van der Waals surface area (Å²) in [7, 11) is -3.56. The molecule has 5 rings (SSSR count). The Balaban J connectivity index is 1.30. The summed E-state index contributed by atoms with van der Waals surface area (Å²) in [6, 6.07) is 14.9. The Kier molecular flexibility index (Phi) is 6.30. The van der Waals surface area contributed by atoms with Crippen molar-refractivity contribution in [1.82, 2.24) is 23.8 Å². The van der Waals surface area contributed by atoms with E-state index in [0.717, 1.165) is 27.3 Å². The quantitative estimate of drug-likeness (QED) is 0.410. The Hall–Kier alpha value is -2.92. The Morgan fingerprint density at radius 1 is 0.914 bits per heavy atom. The van der Waals surface area contributed by atoms with E-state index < -0.39 is 10.0 Å². The van der Waals surface area contributed by atoms with E-state index in [1.54, 1.807) is 10.4 Å². The van der Waals surface area contributed by atoms with Crippen molar-refractivity contribution in [3.8, 4) is 10.6 Å². The van der Waals surface area contributed by atoms with E-state index in [2.05, 4.69) is 15.0 Å². The fraction of sp³-hybridized carbons (Fsp3) is 0.320. The molecule has 182 valence electrons. The van der Waals surface area contributed by atoms with Crippen molar-refractivity contribution in [3.05, 3.63) is 81.3 Å². The van der Waals surface area contributed by atoms with Gasteiger partial charge in [0.05, 0.1) is 10.6 Å². The summed E-state index contributed by atoms with van der Waals surface area (Å²) in [5.74, 6) is 0. The lowest BCUT2D eigenvalue weighted by Crippen LogP contribution is -2.48. The molecule has 0 unspecified atom stereocenters. The Bertz CT molecular complexity index is 1550. The Labute approximate surface area is 208 Å². The molecule has 0 aliphatic carbocycles. The summed E-state index contributed by atoms with van der Waals surface area (Å²) in [4.78, 5) is 20.4. The maximum Gasteiger partial charge on any atom is 0.275 e. The van der Waals surface area contributed by atoms with Gasteiger partial charge in [0.15, 0.2) is 0 Å². The zero-order valence-electron chi connectivity index (χ0n) is 19.9. The number of hydrogen-bond donors (Lipinski definition) is 0. The van der Waals surface area contributed by atoms with Crippen LogP contribution in [-0.4, -0.2) is 58.4 Å². The lowest BCUT2D eigenvalue weighted by Gasteiger charge is -2.34. The van der Waals surface area contributed by atoms with Gasteiger partial charge in [-0.1, -0.05) is 47.7 Å². The van der Waals surface area contributed by atoms with E-state index >= 15 is 0 Å². The first-order valence-electron chi connectivity index (χ1n) is 11.5. The third kappa shape index (κ3) is 4.66. The molecule has 2 aromatic heterocycles. The predicted molar refractivity (Wildman–Crippen MR) is 137 cm³/mol. The molecule has 35 heavy (non-hydrogen) atoms. The predicted octanol–water partition coefficient (Wildman–Crippen LogP) is 3.25. The van der Waals surface area contributed by atoms with E-state index in [0.29, 0.717) is 48.3 Å². The first kappa shape index (κ1) is 23.8. The van der Waals surface area contributed by atoms with E-state index in [-0.39, 0.29) is 5.56 Å². The molecule has 0 amide bonds. The molecule has 1 fully saturated rings. The molecule has 0 atom stereocenters. The van der Waals surface area contributed by atoms with Gasteiger partial charge in [0.25, 0.3) is 5.56 Å².